The number of nitrogens with one attached hydrogen (secondary N) is 1. The number of carbonyl (C=O) groups is 2. The maximum absolute atomic E-state index is 11.0. The molecule has 0 aromatic carbocycles. The predicted molar refractivity (Wildman–Crippen MR) is 51.4 cm³/mol. The summed E-state index contributed by atoms with van der Waals surface area (Å²) in [6.07, 6.45) is 0. The number of amides is 2. The minimum Gasteiger partial charge on any atom is -0.340 e. The van der Waals surface area contributed by atoms with Crippen molar-refractivity contribution in [3.05, 3.63) is 0 Å². The summed E-state index contributed by atoms with van der Waals surface area (Å²) >= 11 is 0. The van der Waals surface area contributed by atoms with Crippen LogP contribution in [0.3, 0.4) is 0 Å². The lowest BCUT2D eigenvalue weighted by atomic mass is 10.2. The van der Waals surface area contributed by atoms with E-state index < -0.39 is 5.91 Å². The van der Waals surface area contributed by atoms with Gasteiger partial charge >= 0.3 is 0 Å². The van der Waals surface area contributed by atoms with Crippen LogP contribution in [0.4, 0.5) is 0 Å². The van der Waals surface area contributed by atoms with Gasteiger partial charge in [-0.25, -0.2) is 0 Å². The summed E-state index contributed by atoms with van der Waals surface area (Å²) in [6.45, 7) is 5.98. The predicted octanol–water partition coefficient (Wildman–Crippen LogP) is -0.651. The van der Waals surface area contributed by atoms with Crippen LogP contribution in [0.1, 0.15) is 13.8 Å². The molecule has 1 aliphatic rings. The van der Waals surface area contributed by atoms with Gasteiger partial charge in [0.25, 0.3) is 5.91 Å². The molecular weight excluding hydrogens is 182 g/mol. The summed E-state index contributed by atoms with van der Waals surface area (Å²) in [6, 6.07) is -0.343. The quantitative estimate of drug-likeness (QED) is 0.592. The molecule has 0 bridgehead atoms. The van der Waals surface area contributed by atoms with Crippen LogP contribution < -0.4 is 5.73 Å². The topological polar surface area (TPSA) is 64.4 Å². The molecule has 1 saturated heterocycles. The van der Waals surface area contributed by atoms with Crippen LogP contribution >= 0.6 is 0 Å². The van der Waals surface area contributed by atoms with Crippen LogP contribution in [-0.4, -0.2) is 53.8 Å². The Hall–Kier alpha value is -1.10. The zero-order valence-electron chi connectivity index (χ0n) is 8.62. The molecule has 1 unspecified atom stereocenters. The molecule has 0 spiro atoms. The van der Waals surface area contributed by atoms with Gasteiger partial charge in [-0.2, -0.15) is 0 Å². The molecule has 0 aliphatic carbocycles. The maximum Gasteiger partial charge on any atom is 0.255 e. The van der Waals surface area contributed by atoms with Gasteiger partial charge in [-0.15, -0.1) is 0 Å². The largest absolute Gasteiger partial charge is 0.340 e. The van der Waals surface area contributed by atoms with E-state index in [1.54, 1.807) is 18.7 Å². The van der Waals surface area contributed by atoms with Gasteiger partial charge in [0.1, 0.15) is 0 Å². The standard InChI is InChI=1S/C9H16N3O2/c1-7(9(10)14)11-3-5-12(6-4-11)8(2)13/h7,10H,3-6H2,1-2H3. The van der Waals surface area contributed by atoms with Crippen molar-refractivity contribution in [2.24, 2.45) is 0 Å². The lowest BCUT2D eigenvalue weighted by molar-refractivity contribution is -0.131. The van der Waals surface area contributed by atoms with Gasteiger partial charge in [-0.3, -0.25) is 20.2 Å². The molecule has 2 amide bonds. The highest BCUT2D eigenvalue weighted by Crippen LogP contribution is 2.06. The summed E-state index contributed by atoms with van der Waals surface area (Å²) in [5.74, 6) is -0.476. The third-order valence-corrected chi connectivity index (χ3v) is 2.69. The van der Waals surface area contributed by atoms with E-state index in [4.69, 9.17) is 5.73 Å². The van der Waals surface area contributed by atoms with Gasteiger partial charge in [0.15, 0.2) is 0 Å². The lowest BCUT2D eigenvalue weighted by Gasteiger charge is -2.36. The number of rotatable bonds is 2. The van der Waals surface area contributed by atoms with Crippen molar-refractivity contribution >= 4 is 11.8 Å². The van der Waals surface area contributed by atoms with Crippen molar-refractivity contribution in [3.8, 4) is 0 Å². The van der Waals surface area contributed by atoms with Gasteiger partial charge in [-0.1, -0.05) is 0 Å². The second-order valence-electron chi connectivity index (χ2n) is 3.58. The Morgan fingerprint density at radius 3 is 2.07 bits per heavy atom. The van der Waals surface area contributed by atoms with Crippen LogP contribution in [0.2, 0.25) is 0 Å². The Balaban J connectivity index is 2.43. The first kappa shape index (κ1) is 11.0. The van der Waals surface area contributed by atoms with Gasteiger partial charge in [0.05, 0.1) is 6.04 Å². The van der Waals surface area contributed by atoms with Crippen LogP contribution in [0.5, 0.6) is 0 Å². The fourth-order valence-corrected chi connectivity index (χ4v) is 1.59. The van der Waals surface area contributed by atoms with Crippen molar-refractivity contribution in [2.45, 2.75) is 19.9 Å². The highest BCUT2D eigenvalue weighted by molar-refractivity contribution is 5.78. The maximum atomic E-state index is 11.0. The van der Waals surface area contributed by atoms with Gasteiger partial charge in [0.2, 0.25) is 5.91 Å². The van der Waals surface area contributed by atoms with Crippen LogP contribution in [0, 0.1) is 0 Å². The average molecular weight is 198 g/mol. The Morgan fingerprint density at radius 1 is 1.21 bits per heavy atom. The van der Waals surface area contributed by atoms with E-state index in [-0.39, 0.29) is 11.9 Å². The van der Waals surface area contributed by atoms with E-state index in [1.165, 1.54) is 0 Å². The molecule has 1 radical (unpaired) electrons. The van der Waals surface area contributed by atoms with Crippen LogP contribution in [0.15, 0.2) is 0 Å². The molecular formula is C9H16N3O2. The fourth-order valence-electron chi connectivity index (χ4n) is 1.59. The minimum absolute atomic E-state index is 0.0782. The first-order valence-electron chi connectivity index (χ1n) is 4.77. The molecule has 1 aliphatic heterocycles. The lowest BCUT2D eigenvalue weighted by Crippen LogP contribution is -2.52. The molecule has 1 rings (SSSR count). The third kappa shape index (κ3) is 2.45. The van der Waals surface area contributed by atoms with E-state index in [0.717, 1.165) is 0 Å². The van der Waals surface area contributed by atoms with E-state index in [1.807, 2.05) is 4.90 Å². The molecule has 1 atom stereocenters. The number of piperazine rings is 1. The summed E-state index contributed by atoms with van der Waals surface area (Å²) in [4.78, 5) is 25.5. The summed E-state index contributed by atoms with van der Waals surface area (Å²) in [5, 5.41) is 0. The fraction of sp³-hybridized carbons (Fsp3) is 0.778. The van der Waals surface area contributed by atoms with Crippen LogP contribution in [0.25, 0.3) is 0 Å². The van der Waals surface area contributed by atoms with Crippen molar-refractivity contribution in [1.29, 1.82) is 0 Å². The molecule has 0 aromatic rings. The SMILES string of the molecule is CC(=O)N1CCN(C(C)C([NH])=O)CC1. The number of nitrogens with zero attached hydrogens (tertiary/aromatic N) is 2. The number of hydrogen-bond donors (Lipinski definition) is 0. The average Bonchev–Trinajstić information content (AvgIpc) is 2.16. The smallest absolute Gasteiger partial charge is 0.255 e. The molecule has 0 aromatic heterocycles. The molecule has 1 N–H and O–H groups in total. The first-order valence-corrected chi connectivity index (χ1v) is 4.77. The highest BCUT2D eigenvalue weighted by Gasteiger charge is 2.24. The Kier molecular flexibility index (Phi) is 3.46. The molecule has 1 fully saturated rings. The van der Waals surface area contributed by atoms with Gasteiger partial charge < -0.3 is 4.90 Å². The van der Waals surface area contributed by atoms with Crippen molar-refractivity contribution in [3.63, 3.8) is 0 Å². The zero-order chi connectivity index (χ0) is 10.7. The van der Waals surface area contributed by atoms with E-state index in [2.05, 4.69) is 0 Å². The van der Waals surface area contributed by atoms with E-state index >= 15 is 0 Å². The summed E-state index contributed by atoms with van der Waals surface area (Å²) < 4.78 is 0. The highest BCUT2D eigenvalue weighted by atomic mass is 16.2. The summed E-state index contributed by atoms with van der Waals surface area (Å²) in [5.41, 5.74) is 6.99. The number of carbonyl (C=O) groups excluding carboxylic acids is 2. The van der Waals surface area contributed by atoms with Crippen LogP contribution in [-0.2, 0) is 9.59 Å². The van der Waals surface area contributed by atoms with Crippen molar-refractivity contribution in [2.75, 3.05) is 26.2 Å². The number of hydrogen-bond acceptors (Lipinski definition) is 3. The van der Waals surface area contributed by atoms with E-state index in [9.17, 15) is 9.59 Å². The Bertz CT molecular complexity index is 234. The first-order chi connectivity index (χ1) is 6.52. The monoisotopic (exact) mass is 198 g/mol. The van der Waals surface area contributed by atoms with Crippen molar-refractivity contribution in [1.82, 2.24) is 15.5 Å². The molecule has 14 heavy (non-hydrogen) atoms. The molecule has 5 nitrogen and oxygen atoms in total. The second kappa shape index (κ2) is 4.41. The second-order valence-corrected chi connectivity index (χ2v) is 3.58. The molecule has 5 heteroatoms. The Morgan fingerprint density at radius 2 is 1.71 bits per heavy atom. The van der Waals surface area contributed by atoms with E-state index in [0.29, 0.717) is 26.2 Å². The summed E-state index contributed by atoms with van der Waals surface area (Å²) in [7, 11) is 0. The Labute approximate surface area is 83.8 Å². The van der Waals surface area contributed by atoms with Crippen molar-refractivity contribution < 1.29 is 9.59 Å². The normalized spacial score (nSPS) is 20.6. The zero-order valence-corrected chi connectivity index (χ0v) is 8.62. The molecule has 1 heterocycles. The molecule has 79 valence electrons. The van der Waals surface area contributed by atoms with Gasteiger partial charge in [0, 0.05) is 33.1 Å². The van der Waals surface area contributed by atoms with Gasteiger partial charge in [-0.05, 0) is 6.92 Å². The minimum atomic E-state index is -0.554. The third-order valence-electron chi connectivity index (χ3n) is 2.69. The molecule has 0 saturated carbocycles.